The van der Waals surface area contributed by atoms with Gasteiger partial charge >= 0.3 is 13.2 Å². The Kier molecular flexibility index (Phi) is 5.57. The summed E-state index contributed by atoms with van der Waals surface area (Å²) < 4.78 is 17.7. The van der Waals surface area contributed by atoms with E-state index in [2.05, 4.69) is 25.7 Å². The van der Waals surface area contributed by atoms with Crippen LogP contribution in [-0.4, -0.2) is 57.1 Å². The Balaban J connectivity index is 1.90. The van der Waals surface area contributed by atoms with Crippen molar-refractivity contribution in [2.24, 2.45) is 0 Å². The summed E-state index contributed by atoms with van der Waals surface area (Å²) in [6.45, 7) is 16.7. The van der Waals surface area contributed by atoms with Crippen LogP contribution in [0.3, 0.4) is 0 Å². The first-order valence-corrected chi connectivity index (χ1v) is 12.6. The lowest BCUT2D eigenvalue weighted by atomic mass is 9.76. The first-order chi connectivity index (χ1) is 10.9. The zero-order valence-corrected chi connectivity index (χ0v) is 17.3. The second kappa shape index (κ2) is 6.84. The van der Waals surface area contributed by atoms with Crippen LogP contribution in [0.4, 0.5) is 4.79 Å². The Morgan fingerprint density at radius 3 is 2.38 bits per heavy atom. The van der Waals surface area contributed by atoms with Gasteiger partial charge in [-0.3, -0.25) is 0 Å². The average molecular weight is 353 g/mol. The number of nitrogens with zero attached hydrogens (tertiary/aromatic N) is 1. The molecule has 2 aliphatic heterocycles. The number of hydrogen-bond donors (Lipinski definition) is 0. The van der Waals surface area contributed by atoms with E-state index in [9.17, 15) is 4.79 Å². The molecule has 5 nitrogen and oxygen atoms in total. The summed E-state index contributed by atoms with van der Waals surface area (Å²) in [6, 6.07) is 0.993. The Labute approximate surface area is 147 Å². The molecule has 24 heavy (non-hydrogen) atoms. The smallest absolute Gasteiger partial charge is 0.450 e. The summed E-state index contributed by atoms with van der Waals surface area (Å²) in [7, 11) is -1.57. The van der Waals surface area contributed by atoms with Crippen LogP contribution in [0.1, 0.15) is 34.1 Å². The first-order valence-electron chi connectivity index (χ1n) is 8.88. The van der Waals surface area contributed by atoms with Gasteiger partial charge in [-0.25, -0.2) is 4.79 Å². The Morgan fingerprint density at radius 1 is 1.25 bits per heavy atom. The largest absolute Gasteiger partial charge is 0.492 e. The minimum absolute atomic E-state index is 0.227. The van der Waals surface area contributed by atoms with Crippen molar-refractivity contribution in [3.05, 3.63) is 11.5 Å². The number of hydrogen-bond acceptors (Lipinski definition) is 4. The molecule has 2 heterocycles. The lowest BCUT2D eigenvalue weighted by Crippen LogP contribution is -2.41. The number of ether oxygens (including phenoxy) is 1. The van der Waals surface area contributed by atoms with Crippen molar-refractivity contribution in [2.45, 2.75) is 71.0 Å². The molecule has 0 saturated carbocycles. The third-order valence-electron chi connectivity index (χ3n) is 5.07. The van der Waals surface area contributed by atoms with Crippen molar-refractivity contribution in [1.29, 1.82) is 0 Å². The second-order valence-electron chi connectivity index (χ2n) is 9.00. The predicted octanol–water partition coefficient (Wildman–Crippen LogP) is 3.72. The molecular weight excluding hydrogens is 321 g/mol. The van der Waals surface area contributed by atoms with Gasteiger partial charge in [-0.05, 0) is 45.6 Å². The van der Waals surface area contributed by atoms with E-state index in [1.807, 2.05) is 27.7 Å². The molecule has 0 aliphatic carbocycles. The van der Waals surface area contributed by atoms with E-state index < -0.39 is 8.07 Å². The van der Waals surface area contributed by atoms with Gasteiger partial charge in [0.25, 0.3) is 0 Å². The van der Waals surface area contributed by atoms with Crippen LogP contribution < -0.4 is 0 Å². The molecule has 0 aromatic rings. The third-order valence-corrected chi connectivity index (χ3v) is 6.77. The van der Waals surface area contributed by atoms with Gasteiger partial charge in [-0.1, -0.05) is 25.7 Å². The predicted molar refractivity (Wildman–Crippen MR) is 99.9 cm³/mol. The molecule has 2 rings (SSSR count). The first kappa shape index (κ1) is 19.5. The van der Waals surface area contributed by atoms with Crippen LogP contribution in [-0.2, 0) is 14.0 Å². The van der Waals surface area contributed by atoms with Crippen LogP contribution >= 0.6 is 0 Å². The number of rotatable bonds is 4. The molecule has 0 radical (unpaired) electrons. The van der Waals surface area contributed by atoms with Crippen molar-refractivity contribution < 1.29 is 18.8 Å². The zero-order valence-electron chi connectivity index (χ0n) is 16.3. The second-order valence-corrected chi connectivity index (χ2v) is 14.6. The van der Waals surface area contributed by atoms with E-state index in [1.54, 1.807) is 4.90 Å². The van der Waals surface area contributed by atoms with E-state index in [0.717, 1.165) is 17.9 Å². The van der Waals surface area contributed by atoms with E-state index in [-0.39, 0.29) is 24.4 Å². The fraction of sp³-hybridized carbons (Fsp3) is 0.824. The number of carbonyl (C=O) groups is 1. The Bertz CT molecular complexity index is 497. The summed E-state index contributed by atoms with van der Waals surface area (Å²) in [5, 5.41) is 0. The molecule has 1 fully saturated rings. The molecule has 0 bridgehead atoms. The van der Waals surface area contributed by atoms with Crippen LogP contribution in [0.15, 0.2) is 11.5 Å². The molecule has 136 valence electrons. The van der Waals surface area contributed by atoms with Crippen LogP contribution in [0.25, 0.3) is 0 Å². The summed E-state index contributed by atoms with van der Waals surface area (Å²) >= 11 is 0. The lowest BCUT2D eigenvalue weighted by Gasteiger charge is -2.32. The molecule has 0 spiro atoms. The highest BCUT2D eigenvalue weighted by atomic mass is 28.3. The molecule has 0 unspecified atom stereocenters. The van der Waals surface area contributed by atoms with Crippen molar-refractivity contribution >= 4 is 21.3 Å². The molecule has 1 saturated heterocycles. The third kappa shape index (κ3) is 4.64. The van der Waals surface area contributed by atoms with Crippen LogP contribution in [0.2, 0.25) is 25.7 Å². The van der Waals surface area contributed by atoms with Crippen LogP contribution in [0, 0.1) is 0 Å². The van der Waals surface area contributed by atoms with Gasteiger partial charge in [0.05, 0.1) is 17.8 Å². The molecule has 0 aromatic heterocycles. The van der Waals surface area contributed by atoms with Crippen LogP contribution in [0.5, 0.6) is 0 Å². The number of carbonyl (C=O) groups excluding carboxylic acids is 1. The van der Waals surface area contributed by atoms with Crippen molar-refractivity contribution in [3.63, 3.8) is 0 Å². The normalized spacial score (nSPS) is 23.2. The highest BCUT2D eigenvalue weighted by molar-refractivity contribution is 6.76. The summed E-state index contributed by atoms with van der Waals surface area (Å²) in [4.78, 5) is 14.1. The Hall–Kier alpha value is -0.788. The highest BCUT2D eigenvalue weighted by Crippen LogP contribution is 2.39. The van der Waals surface area contributed by atoms with E-state index in [0.29, 0.717) is 19.7 Å². The average Bonchev–Trinajstić information content (AvgIpc) is 2.66. The minimum Gasteiger partial charge on any atom is -0.450 e. The van der Waals surface area contributed by atoms with Gasteiger partial charge in [-0.2, -0.15) is 0 Å². The summed E-state index contributed by atoms with van der Waals surface area (Å²) in [5.41, 5.74) is 0.291. The van der Waals surface area contributed by atoms with Gasteiger partial charge in [0.1, 0.15) is 0 Å². The maximum Gasteiger partial charge on any atom is 0.492 e. The zero-order chi connectivity index (χ0) is 18.2. The monoisotopic (exact) mass is 353 g/mol. The molecule has 1 amide bonds. The molecule has 0 aromatic carbocycles. The standard InChI is InChI=1S/C17H32BNO4Si/c1-16(2)17(3,4)23-18(22-16)14-9-8-10-19(13-14)15(20)21-11-12-24(5,6)7/h9H,8,10-13H2,1-7H3. The van der Waals surface area contributed by atoms with Crippen molar-refractivity contribution in [1.82, 2.24) is 4.90 Å². The Morgan fingerprint density at radius 2 is 1.83 bits per heavy atom. The van der Waals surface area contributed by atoms with E-state index in [1.165, 1.54) is 0 Å². The van der Waals surface area contributed by atoms with Gasteiger partial charge in [0.2, 0.25) is 0 Å². The van der Waals surface area contributed by atoms with Crippen molar-refractivity contribution in [3.8, 4) is 0 Å². The van der Waals surface area contributed by atoms with Gasteiger partial charge in [-0.15, -0.1) is 0 Å². The SMILES string of the molecule is CC1(C)OB(C2=CCCN(C(=O)OCC[Si](C)(C)C)C2)OC1(C)C. The molecule has 0 atom stereocenters. The van der Waals surface area contributed by atoms with Gasteiger partial charge in [0, 0.05) is 21.2 Å². The van der Waals surface area contributed by atoms with E-state index in [4.69, 9.17) is 14.0 Å². The lowest BCUT2D eigenvalue weighted by molar-refractivity contribution is 0.00578. The fourth-order valence-corrected chi connectivity index (χ4v) is 3.34. The van der Waals surface area contributed by atoms with Gasteiger partial charge < -0.3 is 18.9 Å². The summed E-state index contributed by atoms with van der Waals surface area (Å²) in [6.07, 6.45) is 2.71. The maximum atomic E-state index is 12.3. The molecule has 7 heteroatoms. The quantitative estimate of drug-likeness (QED) is 0.723. The minimum atomic E-state index is -1.19. The fourth-order valence-electron chi connectivity index (χ4n) is 2.63. The number of amides is 1. The molecular formula is C17H32BNO4Si. The van der Waals surface area contributed by atoms with E-state index >= 15 is 0 Å². The maximum absolute atomic E-state index is 12.3. The summed E-state index contributed by atoms with van der Waals surface area (Å²) in [5.74, 6) is 0. The highest BCUT2D eigenvalue weighted by Gasteiger charge is 2.52. The molecule has 0 N–H and O–H groups in total. The topological polar surface area (TPSA) is 48.0 Å². The van der Waals surface area contributed by atoms with Crippen molar-refractivity contribution in [2.75, 3.05) is 19.7 Å². The molecule has 2 aliphatic rings. The van der Waals surface area contributed by atoms with Gasteiger partial charge in [0.15, 0.2) is 0 Å².